The number of hydrogen-bond acceptors (Lipinski definition) is 4. The zero-order chi connectivity index (χ0) is 14.8. The topological polar surface area (TPSA) is 70.4 Å². The predicted molar refractivity (Wildman–Crippen MR) is 75.0 cm³/mol. The van der Waals surface area contributed by atoms with Crippen LogP contribution in [-0.2, 0) is 14.8 Å². The van der Waals surface area contributed by atoms with Gasteiger partial charge in [0, 0.05) is 19.7 Å². The monoisotopic (exact) mass is 314 g/mol. The second kappa shape index (κ2) is 6.10. The van der Waals surface area contributed by atoms with Crippen LogP contribution in [0.15, 0.2) is 23.1 Å². The molecule has 0 atom stereocenters. The first kappa shape index (κ1) is 15.3. The summed E-state index contributed by atoms with van der Waals surface area (Å²) in [5.41, 5.74) is 0.337. The van der Waals surface area contributed by atoms with E-state index < -0.39 is 10.0 Å². The molecule has 0 heterocycles. The van der Waals surface area contributed by atoms with Crippen LogP contribution >= 0.6 is 11.6 Å². The Bertz CT molecular complexity index is 636. The van der Waals surface area contributed by atoms with Gasteiger partial charge in [-0.15, -0.1) is 0 Å². The number of halogens is 1. The summed E-state index contributed by atoms with van der Waals surface area (Å²) in [6.45, 7) is 0.642. The summed E-state index contributed by atoms with van der Waals surface area (Å²) in [6.07, 6.45) is 1.72. The predicted octanol–water partition coefficient (Wildman–Crippen LogP) is 2.01. The highest BCUT2D eigenvalue weighted by atomic mass is 35.5. The van der Waals surface area contributed by atoms with Crippen LogP contribution in [0.2, 0.25) is 5.02 Å². The third-order valence-electron chi connectivity index (χ3n) is 3.12. The number of hydrogen-bond donors (Lipinski definition) is 0. The number of rotatable bonds is 6. The van der Waals surface area contributed by atoms with E-state index in [1.54, 1.807) is 0 Å². The fourth-order valence-electron chi connectivity index (χ4n) is 1.95. The highest BCUT2D eigenvalue weighted by Crippen LogP contribution is 2.34. The standard InChI is InChI=1S/C13H15ClN2O3S/c1-19-7-6-16(11-3-4-11)20(17,18)13-5-2-10(9-15)8-12(13)14/h2,5,8,11H,3-4,6-7H2,1H3. The molecule has 5 nitrogen and oxygen atoms in total. The highest BCUT2D eigenvalue weighted by molar-refractivity contribution is 7.89. The normalized spacial score (nSPS) is 15.3. The molecule has 0 unspecified atom stereocenters. The van der Waals surface area contributed by atoms with E-state index in [0.717, 1.165) is 12.8 Å². The maximum Gasteiger partial charge on any atom is 0.244 e. The molecule has 108 valence electrons. The summed E-state index contributed by atoms with van der Waals surface area (Å²) >= 11 is 6.01. The Morgan fingerprint density at radius 3 is 2.70 bits per heavy atom. The van der Waals surface area contributed by atoms with Crippen molar-refractivity contribution in [2.45, 2.75) is 23.8 Å². The van der Waals surface area contributed by atoms with E-state index in [1.165, 1.54) is 29.6 Å². The summed E-state index contributed by atoms with van der Waals surface area (Å²) in [5.74, 6) is 0. The van der Waals surface area contributed by atoms with Crippen molar-refractivity contribution in [3.05, 3.63) is 28.8 Å². The van der Waals surface area contributed by atoms with Gasteiger partial charge in [-0.1, -0.05) is 11.6 Å². The Labute approximate surface area is 123 Å². The molecule has 1 aliphatic carbocycles. The number of ether oxygens (including phenoxy) is 1. The largest absolute Gasteiger partial charge is 0.383 e. The molecule has 0 aromatic heterocycles. The summed E-state index contributed by atoms with van der Waals surface area (Å²) in [4.78, 5) is 0.0427. The first-order chi connectivity index (χ1) is 9.50. The van der Waals surface area contributed by atoms with Crippen LogP contribution in [-0.4, -0.2) is 39.0 Å². The number of nitriles is 1. The lowest BCUT2D eigenvalue weighted by molar-refractivity contribution is 0.177. The van der Waals surface area contributed by atoms with E-state index in [2.05, 4.69) is 0 Å². The van der Waals surface area contributed by atoms with Crippen molar-refractivity contribution in [3.63, 3.8) is 0 Å². The molecule has 0 N–H and O–H groups in total. The van der Waals surface area contributed by atoms with Crippen LogP contribution in [0.1, 0.15) is 18.4 Å². The molecule has 20 heavy (non-hydrogen) atoms. The van der Waals surface area contributed by atoms with Crippen molar-refractivity contribution in [1.82, 2.24) is 4.31 Å². The first-order valence-corrected chi connectivity index (χ1v) is 8.03. The van der Waals surface area contributed by atoms with Crippen LogP contribution in [0.5, 0.6) is 0 Å². The van der Waals surface area contributed by atoms with Crippen LogP contribution in [0.25, 0.3) is 0 Å². The summed E-state index contributed by atoms with van der Waals surface area (Å²) < 4.78 is 31.7. The fourth-order valence-corrected chi connectivity index (χ4v) is 4.14. The maximum atomic E-state index is 12.6. The van der Waals surface area contributed by atoms with Gasteiger partial charge in [0.25, 0.3) is 0 Å². The van der Waals surface area contributed by atoms with Crippen molar-refractivity contribution in [2.24, 2.45) is 0 Å². The molecule has 7 heteroatoms. The van der Waals surface area contributed by atoms with E-state index in [-0.39, 0.29) is 16.0 Å². The smallest absolute Gasteiger partial charge is 0.244 e. The average molecular weight is 315 g/mol. The minimum Gasteiger partial charge on any atom is -0.383 e. The van der Waals surface area contributed by atoms with E-state index in [0.29, 0.717) is 18.7 Å². The Kier molecular flexibility index (Phi) is 4.66. The van der Waals surface area contributed by atoms with Crippen LogP contribution < -0.4 is 0 Å². The van der Waals surface area contributed by atoms with Gasteiger partial charge in [-0.2, -0.15) is 9.57 Å². The fraction of sp³-hybridized carbons (Fsp3) is 0.462. The highest BCUT2D eigenvalue weighted by Gasteiger charge is 2.38. The molecule has 0 saturated heterocycles. The second-order valence-corrected chi connectivity index (χ2v) is 6.86. The molecule has 1 aliphatic rings. The molecular formula is C13H15ClN2O3S. The minimum absolute atomic E-state index is 0.0295. The van der Waals surface area contributed by atoms with Gasteiger partial charge in [0.2, 0.25) is 10.0 Å². The molecule has 0 aliphatic heterocycles. The minimum atomic E-state index is -3.65. The van der Waals surface area contributed by atoms with Gasteiger partial charge in [0.15, 0.2) is 0 Å². The molecule has 1 aromatic carbocycles. The third-order valence-corrected chi connectivity index (χ3v) is 5.55. The molecule has 0 amide bonds. The summed E-state index contributed by atoms with van der Waals surface area (Å²) in [7, 11) is -2.12. The van der Waals surface area contributed by atoms with Crippen LogP contribution in [0.3, 0.4) is 0 Å². The van der Waals surface area contributed by atoms with Gasteiger partial charge < -0.3 is 4.74 Å². The van der Waals surface area contributed by atoms with Gasteiger partial charge in [-0.3, -0.25) is 0 Å². The number of nitrogens with zero attached hydrogens (tertiary/aromatic N) is 2. The molecule has 1 aromatic rings. The SMILES string of the molecule is COCCN(C1CC1)S(=O)(=O)c1ccc(C#N)cc1Cl. The molecule has 0 spiro atoms. The molecule has 2 rings (SSSR count). The van der Waals surface area contributed by atoms with Gasteiger partial charge in [0.05, 0.1) is 23.3 Å². The number of benzene rings is 1. The van der Waals surface area contributed by atoms with Gasteiger partial charge >= 0.3 is 0 Å². The molecule has 0 bridgehead atoms. The lowest BCUT2D eigenvalue weighted by atomic mass is 10.2. The first-order valence-electron chi connectivity index (χ1n) is 6.21. The Hall–Kier alpha value is -1.13. The summed E-state index contributed by atoms with van der Waals surface area (Å²) in [5, 5.41) is 8.87. The lowest BCUT2D eigenvalue weighted by Gasteiger charge is -2.22. The van der Waals surface area contributed by atoms with Crippen molar-refractivity contribution in [1.29, 1.82) is 5.26 Å². The van der Waals surface area contributed by atoms with E-state index in [4.69, 9.17) is 21.6 Å². The van der Waals surface area contributed by atoms with E-state index in [1.807, 2.05) is 6.07 Å². The zero-order valence-corrected chi connectivity index (χ0v) is 12.6. The number of methoxy groups -OCH3 is 1. The van der Waals surface area contributed by atoms with Crippen molar-refractivity contribution < 1.29 is 13.2 Å². The van der Waals surface area contributed by atoms with Crippen molar-refractivity contribution in [3.8, 4) is 6.07 Å². The number of sulfonamides is 1. The third kappa shape index (κ3) is 3.13. The Balaban J connectivity index is 2.35. The average Bonchev–Trinajstić information content (AvgIpc) is 3.23. The van der Waals surface area contributed by atoms with Crippen molar-refractivity contribution in [2.75, 3.05) is 20.3 Å². The van der Waals surface area contributed by atoms with Gasteiger partial charge in [-0.05, 0) is 31.0 Å². The van der Waals surface area contributed by atoms with Crippen LogP contribution in [0.4, 0.5) is 0 Å². The van der Waals surface area contributed by atoms with Gasteiger partial charge in [-0.25, -0.2) is 8.42 Å². The maximum absolute atomic E-state index is 12.6. The Morgan fingerprint density at radius 1 is 1.50 bits per heavy atom. The van der Waals surface area contributed by atoms with E-state index in [9.17, 15) is 8.42 Å². The van der Waals surface area contributed by atoms with Gasteiger partial charge in [0.1, 0.15) is 4.90 Å². The lowest BCUT2D eigenvalue weighted by Crippen LogP contribution is -2.36. The van der Waals surface area contributed by atoms with Crippen molar-refractivity contribution >= 4 is 21.6 Å². The summed E-state index contributed by atoms with van der Waals surface area (Å²) in [6, 6.07) is 6.18. The second-order valence-electron chi connectivity index (χ2n) is 4.60. The van der Waals surface area contributed by atoms with Crippen LogP contribution in [0, 0.1) is 11.3 Å². The van der Waals surface area contributed by atoms with E-state index >= 15 is 0 Å². The molecule has 0 radical (unpaired) electrons. The molecule has 1 fully saturated rings. The molecular weight excluding hydrogens is 300 g/mol. The molecule has 1 saturated carbocycles. The quantitative estimate of drug-likeness (QED) is 0.805. The Morgan fingerprint density at radius 2 is 2.20 bits per heavy atom. The zero-order valence-electron chi connectivity index (χ0n) is 11.0.